The van der Waals surface area contributed by atoms with E-state index in [0.717, 1.165) is 58.0 Å². The van der Waals surface area contributed by atoms with Gasteiger partial charge in [-0.2, -0.15) is 0 Å². The zero-order chi connectivity index (χ0) is 26.3. The van der Waals surface area contributed by atoms with Crippen LogP contribution in [0.4, 0.5) is 4.79 Å². The van der Waals surface area contributed by atoms with Crippen molar-refractivity contribution in [3.63, 3.8) is 0 Å². The van der Waals surface area contributed by atoms with E-state index in [1.807, 2.05) is 6.92 Å². The highest BCUT2D eigenvalue weighted by Crippen LogP contribution is 2.16. The molecule has 0 aromatic heterocycles. The molecule has 0 saturated carbocycles. The molecule has 0 radical (unpaired) electrons. The molecule has 1 saturated heterocycles. The minimum Gasteiger partial charge on any atom is -0.465 e. The second kappa shape index (κ2) is 22.4. The molecule has 0 aliphatic carbocycles. The third-order valence-electron chi connectivity index (χ3n) is 6.62. The number of ether oxygens (including phenoxy) is 3. The fraction of sp³-hybridized carbons (Fsp3) is 0.800. The van der Waals surface area contributed by atoms with Gasteiger partial charge in [0.2, 0.25) is 0 Å². The predicted octanol–water partition coefficient (Wildman–Crippen LogP) is 7.47. The lowest BCUT2D eigenvalue weighted by Crippen LogP contribution is -2.32. The summed E-state index contributed by atoms with van der Waals surface area (Å²) in [5, 5.41) is 0. The van der Waals surface area contributed by atoms with Crippen molar-refractivity contribution in [1.29, 1.82) is 0 Å². The number of carbonyl (C=O) groups is 2. The molecule has 1 heterocycles. The van der Waals surface area contributed by atoms with Crippen LogP contribution < -0.4 is 0 Å². The van der Waals surface area contributed by atoms with Crippen molar-refractivity contribution in [3.8, 4) is 0 Å². The molecule has 0 N–H and O–H groups in total. The SMILES string of the molecule is CCCCC/C=C\C/C=C\CCCCCCCC(=O)OCC(C)COC(=O)OCC1CCN(C)CC1. The molecular formula is C30H53NO5. The molecule has 6 heteroatoms. The van der Waals surface area contributed by atoms with Crippen LogP contribution in [0.15, 0.2) is 24.3 Å². The molecule has 208 valence electrons. The Hall–Kier alpha value is -1.82. The number of carbonyl (C=O) groups excluding carboxylic acids is 2. The van der Waals surface area contributed by atoms with Crippen molar-refractivity contribution in [3.05, 3.63) is 24.3 Å². The van der Waals surface area contributed by atoms with Gasteiger partial charge in [-0.15, -0.1) is 0 Å². The lowest BCUT2D eigenvalue weighted by atomic mass is 9.98. The molecule has 0 amide bonds. The molecule has 1 fully saturated rings. The lowest BCUT2D eigenvalue weighted by molar-refractivity contribution is -0.145. The van der Waals surface area contributed by atoms with Crippen molar-refractivity contribution < 1.29 is 23.8 Å². The van der Waals surface area contributed by atoms with E-state index in [1.54, 1.807) is 0 Å². The van der Waals surface area contributed by atoms with Gasteiger partial charge in [0.05, 0.1) is 13.2 Å². The van der Waals surface area contributed by atoms with E-state index in [2.05, 4.69) is 43.2 Å². The number of unbranched alkanes of at least 4 members (excludes halogenated alkanes) is 8. The molecule has 0 bridgehead atoms. The zero-order valence-electron chi connectivity index (χ0n) is 23.4. The maximum absolute atomic E-state index is 11.9. The molecule has 6 nitrogen and oxygen atoms in total. The fourth-order valence-electron chi connectivity index (χ4n) is 4.10. The third kappa shape index (κ3) is 19.4. The molecule has 1 unspecified atom stereocenters. The Morgan fingerprint density at radius 3 is 2.14 bits per heavy atom. The van der Waals surface area contributed by atoms with Crippen molar-refractivity contribution in [1.82, 2.24) is 4.90 Å². The lowest BCUT2D eigenvalue weighted by Gasteiger charge is -2.28. The molecule has 1 aliphatic rings. The fourth-order valence-corrected chi connectivity index (χ4v) is 4.10. The highest BCUT2D eigenvalue weighted by molar-refractivity contribution is 5.69. The molecule has 0 spiro atoms. The summed E-state index contributed by atoms with van der Waals surface area (Å²) in [5.74, 6) is 0.202. The van der Waals surface area contributed by atoms with Gasteiger partial charge >= 0.3 is 12.1 Å². The summed E-state index contributed by atoms with van der Waals surface area (Å²) in [5.41, 5.74) is 0. The van der Waals surface area contributed by atoms with Crippen molar-refractivity contribution in [2.75, 3.05) is 40.0 Å². The standard InChI is InChI=1S/C30H53NO5/c1-4-5-6-7-8-9-10-11-12-13-14-15-16-17-18-19-29(32)34-24-27(2)25-35-30(33)36-26-28-20-22-31(3)23-21-28/h8-9,11-12,27-28H,4-7,10,13-26H2,1-3H3/b9-8-,12-11-. The Labute approximate surface area is 220 Å². The van der Waals surface area contributed by atoms with Crippen LogP contribution in [0.2, 0.25) is 0 Å². The van der Waals surface area contributed by atoms with Crippen molar-refractivity contribution >= 4 is 12.1 Å². The molecule has 1 atom stereocenters. The number of piperidine rings is 1. The molecular weight excluding hydrogens is 454 g/mol. The van der Waals surface area contributed by atoms with E-state index in [9.17, 15) is 9.59 Å². The first-order chi connectivity index (χ1) is 17.5. The van der Waals surface area contributed by atoms with E-state index in [0.29, 0.717) is 18.9 Å². The van der Waals surface area contributed by atoms with Gasteiger partial charge in [-0.1, -0.05) is 70.3 Å². The van der Waals surface area contributed by atoms with Crippen LogP contribution in [-0.4, -0.2) is 57.0 Å². The second-order valence-electron chi connectivity index (χ2n) is 10.4. The van der Waals surface area contributed by atoms with Gasteiger partial charge in [0.1, 0.15) is 6.61 Å². The van der Waals surface area contributed by atoms with Gasteiger partial charge in [-0.05, 0) is 77.4 Å². The van der Waals surface area contributed by atoms with Crippen LogP contribution in [0.5, 0.6) is 0 Å². The van der Waals surface area contributed by atoms with Crippen LogP contribution in [0.25, 0.3) is 0 Å². The van der Waals surface area contributed by atoms with Gasteiger partial charge < -0.3 is 19.1 Å². The Morgan fingerprint density at radius 2 is 1.44 bits per heavy atom. The normalized spacial score (nSPS) is 16.0. The first kappa shape index (κ1) is 32.2. The summed E-state index contributed by atoms with van der Waals surface area (Å²) in [6, 6.07) is 0. The van der Waals surface area contributed by atoms with Crippen LogP contribution in [0, 0.1) is 11.8 Å². The summed E-state index contributed by atoms with van der Waals surface area (Å²) >= 11 is 0. The summed E-state index contributed by atoms with van der Waals surface area (Å²) in [7, 11) is 2.11. The maximum Gasteiger partial charge on any atom is 0.508 e. The van der Waals surface area contributed by atoms with E-state index in [1.165, 1.54) is 38.5 Å². The van der Waals surface area contributed by atoms with Crippen molar-refractivity contribution in [2.45, 2.75) is 104 Å². The largest absolute Gasteiger partial charge is 0.508 e. The van der Waals surface area contributed by atoms with Crippen molar-refractivity contribution in [2.24, 2.45) is 11.8 Å². The topological polar surface area (TPSA) is 65.1 Å². The van der Waals surface area contributed by atoms with E-state index in [-0.39, 0.29) is 25.1 Å². The van der Waals surface area contributed by atoms with Crippen LogP contribution >= 0.6 is 0 Å². The summed E-state index contributed by atoms with van der Waals surface area (Å²) < 4.78 is 15.7. The Bertz CT molecular complexity index is 610. The number of likely N-dealkylation sites (tertiary alicyclic amines) is 1. The van der Waals surface area contributed by atoms with E-state index >= 15 is 0 Å². The smallest absolute Gasteiger partial charge is 0.465 e. The highest BCUT2D eigenvalue weighted by atomic mass is 16.7. The molecule has 0 aromatic rings. The van der Waals surface area contributed by atoms with Gasteiger partial charge in [0, 0.05) is 12.3 Å². The first-order valence-corrected chi connectivity index (χ1v) is 14.4. The minimum atomic E-state index is -0.628. The van der Waals surface area contributed by atoms with Crippen LogP contribution in [-0.2, 0) is 19.0 Å². The number of hydrogen-bond acceptors (Lipinski definition) is 6. The summed E-state index contributed by atoms with van der Waals surface area (Å²) in [6.07, 6.45) is 23.8. The third-order valence-corrected chi connectivity index (χ3v) is 6.62. The second-order valence-corrected chi connectivity index (χ2v) is 10.4. The number of esters is 1. The average molecular weight is 508 g/mol. The molecule has 36 heavy (non-hydrogen) atoms. The molecule has 0 aromatic carbocycles. The van der Waals surface area contributed by atoms with E-state index in [4.69, 9.17) is 14.2 Å². The Morgan fingerprint density at radius 1 is 0.833 bits per heavy atom. The number of nitrogens with zero attached hydrogens (tertiary/aromatic N) is 1. The molecule has 1 aliphatic heterocycles. The zero-order valence-corrected chi connectivity index (χ0v) is 23.4. The van der Waals surface area contributed by atoms with Gasteiger partial charge in [-0.3, -0.25) is 4.79 Å². The highest BCUT2D eigenvalue weighted by Gasteiger charge is 2.19. The number of rotatable bonds is 20. The minimum absolute atomic E-state index is 0.0468. The Balaban J connectivity index is 1.89. The number of allylic oxidation sites excluding steroid dienone is 4. The maximum atomic E-state index is 11.9. The average Bonchev–Trinajstić information content (AvgIpc) is 2.88. The van der Waals surface area contributed by atoms with Gasteiger partial charge in [0.15, 0.2) is 0 Å². The predicted molar refractivity (Wildman–Crippen MR) is 147 cm³/mol. The van der Waals surface area contributed by atoms with Gasteiger partial charge in [0.25, 0.3) is 0 Å². The Kier molecular flexibility index (Phi) is 20.0. The van der Waals surface area contributed by atoms with Crippen LogP contribution in [0.3, 0.4) is 0 Å². The first-order valence-electron chi connectivity index (χ1n) is 14.4. The molecule has 1 rings (SSSR count). The van der Waals surface area contributed by atoms with E-state index < -0.39 is 6.16 Å². The quantitative estimate of drug-likeness (QED) is 0.0967. The van der Waals surface area contributed by atoms with Crippen LogP contribution in [0.1, 0.15) is 104 Å². The summed E-state index contributed by atoms with van der Waals surface area (Å²) in [4.78, 5) is 26.0. The number of hydrogen-bond donors (Lipinski definition) is 0. The van der Waals surface area contributed by atoms with Gasteiger partial charge in [-0.25, -0.2) is 4.79 Å². The summed E-state index contributed by atoms with van der Waals surface area (Å²) in [6.45, 7) is 7.10. The monoisotopic (exact) mass is 507 g/mol.